The van der Waals surface area contributed by atoms with E-state index in [2.05, 4.69) is 5.32 Å². The van der Waals surface area contributed by atoms with E-state index < -0.39 is 0 Å². The van der Waals surface area contributed by atoms with Gasteiger partial charge in [-0.2, -0.15) is 0 Å². The molecule has 0 aromatic heterocycles. The van der Waals surface area contributed by atoms with E-state index in [1.165, 1.54) is 12.1 Å². The fraction of sp³-hybridized carbons (Fsp3) is 0.400. The number of hydrogen-bond acceptors (Lipinski definition) is 3. The number of halogens is 1. The largest absolute Gasteiger partial charge is 0.399 e. The van der Waals surface area contributed by atoms with Crippen molar-refractivity contribution in [3.63, 3.8) is 0 Å². The van der Waals surface area contributed by atoms with Crippen molar-refractivity contribution in [1.82, 2.24) is 5.32 Å². The Labute approximate surface area is 88.1 Å². The van der Waals surface area contributed by atoms with E-state index in [0.717, 1.165) is 23.6 Å². The van der Waals surface area contributed by atoms with E-state index in [1.807, 2.05) is 7.05 Å². The topological polar surface area (TPSA) is 38.0 Å². The van der Waals surface area contributed by atoms with Gasteiger partial charge in [0.1, 0.15) is 5.82 Å². The van der Waals surface area contributed by atoms with Crippen LogP contribution in [0.5, 0.6) is 0 Å². The second-order valence-corrected chi connectivity index (χ2v) is 4.19. The summed E-state index contributed by atoms with van der Waals surface area (Å²) in [5.41, 5.74) is 6.01. The SMILES string of the molecule is CNCCCSc1cc(N)cc(F)c1. The lowest BCUT2D eigenvalue weighted by atomic mass is 10.3. The lowest BCUT2D eigenvalue weighted by Crippen LogP contribution is -2.07. The summed E-state index contributed by atoms with van der Waals surface area (Å²) in [6, 6.07) is 4.64. The maximum atomic E-state index is 12.9. The van der Waals surface area contributed by atoms with Crippen LogP contribution < -0.4 is 11.1 Å². The second-order valence-electron chi connectivity index (χ2n) is 3.03. The van der Waals surface area contributed by atoms with Crippen molar-refractivity contribution >= 4 is 17.4 Å². The Morgan fingerprint density at radius 3 is 2.86 bits per heavy atom. The Kier molecular flexibility index (Phi) is 4.76. The van der Waals surface area contributed by atoms with Crippen molar-refractivity contribution in [2.75, 3.05) is 25.1 Å². The highest BCUT2D eigenvalue weighted by atomic mass is 32.2. The Bertz CT molecular complexity index is 271. The molecule has 2 nitrogen and oxygen atoms in total. The number of anilines is 1. The molecule has 0 aliphatic carbocycles. The fourth-order valence-corrected chi connectivity index (χ4v) is 2.05. The minimum absolute atomic E-state index is 0.263. The third kappa shape index (κ3) is 3.98. The molecule has 4 heteroatoms. The van der Waals surface area contributed by atoms with Gasteiger partial charge in [0.25, 0.3) is 0 Å². The van der Waals surface area contributed by atoms with Crippen molar-refractivity contribution in [3.05, 3.63) is 24.0 Å². The van der Waals surface area contributed by atoms with E-state index in [9.17, 15) is 4.39 Å². The van der Waals surface area contributed by atoms with Crippen molar-refractivity contribution in [2.45, 2.75) is 11.3 Å². The zero-order valence-corrected chi connectivity index (χ0v) is 9.03. The first kappa shape index (κ1) is 11.3. The van der Waals surface area contributed by atoms with Gasteiger partial charge in [-0.25, -0.2) is 4.39 Å². The van der Waals surface area contributed by atoms with Gasteiger partial charge >= 0.3 is 0 Å². The molecule has 0 spiro atoms. The molecule has 0 saturated heterocycles. The highest BCUT2D eigenvalue weighted by Gasteiger charge is 1.98. The fourth-order valence-electron chi connectivity index (χ4n) is 1.11. The Hall–Kier alpha value is -0.740. The summed E-state index contributed by atoms with van der Waals surface area (Å²) in [7, 11) is 1.92. The summed E-state index contributed by atoms with van der Waals surface area (Å²) in [5.74, 6) is 0.713. The summed E-state index contributed by atoms with van der Waals surface area (Å²) in [6.07, 6.45) is 1.07. The van der Waals surface area contributed by atoms with Crippen LogP contribution in [0.1, 0.15) is 6.42 Å². The predicted octanol–water partition coefficient (Wildman–Crippen LogP) is 2.11. The third-order valence-electron chi connectivity index (χ3n) is 1.73. The van der Waals surface area contributed by atoms with Crippen LogP contribution in [0.15, 0.2) is 23.1 Å². The van der Waals surface area contributed by atoms with Gasteiger partial charge < -0.3 is 11.1 Å². The van der Waals surface area contributed by atoms with Crippen molar-refractivity contribution in [1.29, 1.82) is 0 Å². The molecule has 0 aliphatic rings. The quantitative estimate of drug-likeness (QED) is 0.448. The van der Waals surface area contributed by atoms with Crippen LogP contribution in [0.3, 0.4) is 0 Å². The Morgan fingerprint density at radius 2 is 2.21 bits per heavy atom. The summed E-state index contributed by atoms with van der Waals surface area (Å²) >= 11 is 1.63. The molecule has 0 amide bonds. The molecule has 1 aromatic rings. The van der Waals surface area contributed by atoms with Crippen LogP contribution in [-0.4, -0.2) is 19.3 Å². The zero-order valence-electron chi connectivity index (χ0n) is 8.22. The molecule has 78 valence electrons. The molecule has 0 saturated carbocycles. The van der Waals surface area contributed by atoms with Gasteiger partial charge in [0.05, 0.1) is 0 Å². The average Bonchev–Trinajstić information content (AvgIpc) is 2.11. The van der Waals surface area contributed by atoms with Crippen molar-refractivity contribution < 1.29 is 4.39 Å². The van der Waals surface area contributed by atoms with Crippen LogP contribution in [0.4, 0.5) is 10.1 Å². The zero-order chi connectivity index (χ0) is 10.4. The number of nitrogens with two attached hydrogens (primary N) is 1. The first-order valence-electron chi connectivity index (χ1n) is 4.56. The first-order chi connectivity index (χ1) is 6.72. The lowest BCUT2D eigenvalue weighted by molar-refractivity contribution is 0.625. The van der Waals surface area contributed by atoms with Gasteiger partial charge in [0.2, 0.25) is 0 Å². The van der Waals surface area contributed by atoms with E-state index in [1.54, 1.807) is 17.8 Å². The number of rotatable bonds is 5. The monoisotopic (exact) mass is 214 g/mol. The molecule has 0 heterocycles. The van der Waals surface area contributed by atoms with E-state index in [4.69, 9.17) is 5.73 Å². The normalized spacial score (nSPS) is 10.4. The van der Waals surface area contributed by atoms with Gasteiger partial charge in [-0.3, -0.25) is 0 Å². The number of nitrogens with one attached hydrogen (secondary N) is 1. The minimum atomic E-state index is -0.263. The molecule has 0 bridgehead atoms. The molecule has 0 fully saturated rings. The molecule has 0 atom stereocenters. The summed E-state index contributed by atoms with van der Waals surface area (Å²) in [6.45, 7) is 0.984. The molecule has 14 heavy (non-hydrogen) atoms. The molecular formula is C10H15FN2S. The smallest absolute Gasteiger partial charge is 0.126 e. The highest BCUT2D eigenvalue weighted by molar-refractivity contribution is 7.99. The number of nitrogen functional groups attached to an aromatic ring is 1. The van der Waals surface area contributed by atoms with E-state index in [0.29, 0.717) is 5.69 Å². The Morgan fingerprint density at radius 1 is 1.43 bits per heavy atom. The second kappa shape index (κ2) is 5.88. The average molecular weight is 214 g/mol. The van der Waals surface area contributed by atoms with Gasteiger partial charge in [0.15, 0.2) is 0 Å². The summed E-state index contributed by atoms with van der Waals surface area (Å²) < 4.78 is 12.9. The van der Waals surface area contributed by atoms with Gasteiger partial charge in [-0.1, -0.05) is 0 Å². The molecule has 1 aromatic carbocycles. The van der Waals surface area contributed by atoms with Crippen LogP contribution in [0, 0.1) is 5.82 Å². The van der Waals surface area contributed by atoms with Crippen molar-refractivity contribution in [2.24, 2.45) is 0 Å². The van der Waals surface area contributed by atoms with Crippen LogP contribution >= 0.6 is 11.8 Å². The standard InChI is InChI=1S/C10H15FN2S/c1-13-3-2-4-14-10-6-8(11)5-9(12)7-10/h5-7,13H,2-4,12H2,1H3. The molecule has 0 radical (unpaired) electrons. The van der Waals surface area contributed by atoms with Gasteiger partial charge in [0, 0.05) is 10.6 Å². The predicted molar refractivity (Wildman–Crippen MR) is 60.1 cm³/mol. The maximum absolute atomic E-state index is 12.9. The summed E-state index contributed by atoms with van der Waals surface area (Å²) in [4.78, 5) is 0.901. The van der Waals surface area contributed by atoms with E-state index >= 15 is 0 Å². The molecular weight excluding hydrogens is 199 g/mol. The van der Waals surface area contributed by atoms with Crippen LogP contribution in [-0.2, 0) is 0 Å². The first-order valence-corrected chi connectivity index (χ1v) is 5.54. The van der Waals surface area contributed by atoms with E-state index in [-0.39, 0.29) is 5.82 Å². The molecule has 0 unspecified atom stereocenters. The minimum Gasteiger partial charge on any atom is -0.399 e. The number of benzene rings is 1. The molecule has 1 rings (SSSR count). The van der Waals surface area contributed by atoms with Crippen LogP contribution in [0.25, 0.3) is 0 Å². The molecule has 0 aliphatic heterocycles. The van der Waals surface area contributed by atoms with Gasteiger partial charge in [-0.15, -0.1) is 11.8 Å². The molecule has 3 N–H and O–H groups in total. The number of thioether (sulfide) groups is 1. The van der Waals surface area contributed by atoms with Crippen LogP contribution in [0.2, 0.25) is 0 Å². The third-order valence-corrected chi connectivity index (χ3v) is 2.80. The maximum Gasteiger partial charge on any atom is 0.126 e. The summed E-state index contributed by atoms with van der Waals surface area (Å²) in [5, 5.41) is 3.06. The van der Waals surface area contributed by atoms with Gasteiger partial charge in [-0.05, 0) is 44.0 Å². The highest BCUT2D eigenvalue weighted by Crippen LogP contribution is 2.22. The lowest BCUT2D eigenvalue weighted by Gasteiger charge is -2.03. The van der Waals surface area contributed by atoms with Crippen molar-refractivity contribution in [3.8, 4) is 0 Å². The number of hydrogen-bond donors (Lipinski definition) is 2. The Balaban J connectivity index is 2.42.